The van der Waals surface area contributed by atoms with Crippen molar-refractivity contribution in [2.24, 2.45) is 0 Å². The van der Waals surface area contributed by atoms with Gasteiger partial charge >= 0.3 is 0 Å². The highest BCUT2D eigenvalue weighted by molar-refractivity contribution is 7.89. The van der Waals surface area contributed by atoms with E-state index in [0.717, 1.165) is 12.8 Å². The molecule has 128 valence electrons. The van der Waals surface area contributed by atoms with Gasteiger partial charge in [0.25, 0.3) is 5.91 Å². The van der Waals surface area contributed by atoms with E-state index in [9.17, 15) is 13.2 Å². The molecule has 9 heteroatoms. The molecule has 0 bridgehead atoms. The molecule has 2 N–H and O–H groups in total. The summed E-state index contributed by atoms with van der Waals surface area (Å²) in [5.41, 5.74) is 1.49. The first-order chi connectivity index (χ1) is 11.6. The van der Waals surface area contributed by atoms with Crippen molar-refractivity contribution in [1.29, 1.82) is 0 Å². The molecule has 1 saturated heterocycles. The molecule has 1 aliphatic rings. The second kappa shape index (κ2) is 7.10. The fourth-order valence-electron chi connectivity index (χ4n) is 2.57. The molecular weight excluding hydrogens is 330 g/mol. The third kappa shape index (κ3) is 3.80. The number of hydrogen-bond acceptors (Lipinski definition) is 5. The highest BCUT2D eigenvalue weighted by Crippen LogP contribution is 2.14. The Balaban J connectivity index is 1.55. The Morgan fingerprint density at radius 2 is 2.04 bits per heavy atom. The molecule has 1 amide bonds. The van der Waals surface area contributed by atoms with Gasteiger partial charge in [0, 0.05) is 25.8 Å². The monoisotopic (exact) mass is 349 g/mol. The van der Waals surface area contributed by atoms with Crippen molar-refractivity contribution in [3.05, 3.63) is 36.2 Å². The maximum Gasteiger partial charge on any atom is 0.269 e. The number of H-pyrrole nitrogens is 1. The molecule has 0 radical (unpaired) electrons. The number of nitrogens with one attached hydrogen (secondary N) is 2. The molecule has 8 nitrogen and oxygen atoms in total. The fraction of sp³-hybridized carbons (Fsp3) is 0.400. The van der Waals surface area contributed by atoms with E-state index in [1.54, 1.807) is 24.4 Å². The maximum atomic E-state index is 12.1. The van der Waals surface area contributed by atoms with Gasteiger partial charge in [-0.05, 0) is 31.0 Å². The molecule has 0 atom stereocenters. The van der Waals surface area contributed by atoms with E-state index >= 15 is 0 Å². The van der Waals surface area contributed by atoms with Gasteiger partial charge in [0.2, 0.25) is 10.0 Å². The molecule has 2 aromatic heterocycles. The van der Waals surface area contributed by atoms with Gasteiger partial charge in [0.1, 0.15) is 11.4 Å². The summed E-state index contributed by atoms with van der Waals surface area (Å²) >= 11 is 0. The molecule has 0 saturated carbocycles. The van der Waals surface area contributed by atoms with Crippen molar-refractivity contribution in [3.8, 4) is 11.4 Å². The van der Waals surface area contributed by atoms with Crippen LogP contribution in [-0.2, 0) is 10.0 Å². The topological polar surface area (TPSA) is 108 Å². The Bertz CT molecular complexity index is 798. The predicted octanol–water partition coefficient (Wildman–Crippen LogP) is 0.627. The van der Waals surface area contributed by atoms with Gasteiger partial charge in [-0.15, -0.1) is 0 Å². The highest BCUT2D eigenvalue weighted by Gasteiger charge is 2.25. The van der Waals surface area contributed by atoms with Gasteiger partial charge in [-0.1, -0.05) is 6.07 Å². The summed E-state index contributed by atoms with van der Waals surface area (Å²) in [5, 5.41) is 9.30. The van der Waals surface area contributed by atoms with E-state index in [1.165, 1.54) is 4.31 Å². The first kappa shape index (κ1) is 16.6. The molecule has 0 aliphatic carbocycles. The normalized spacial score (nSPS) is 15.5. The maximum absolute atomic E-state index is 12.1. The molecular formula is C15H19N5O3S. The Hall–Kier alpha value is -2.26. The number of sulfonamides is 1. The molecule has 1 fully saturated rings. The Morgan fingerprint density at radius 3 is 2.75 bits per heavy atom. The lowest BCUT2D eigenvalue weighted by Crippen LogP contribution is -2.36. The third-order valence-corrected chi connectivity index (χ3v) is 5.73. The lowest BCUT2D eigenvalue weighted by molar-refractivity contribution is 0.0951. The molecule has 0 aromatic carbocycles. The van der Waals surface area contributed by atoms with E-state index in [-0.39, 0.29) is 23.9 Å². The van der Waals surface area contributed by atoms with Gasteiger partial charge in [-0.2, -0.15) is 5.10 Å². The van der Waals surface area contributed by atoms with Crippen molar-refractivity contribution in [2.45, 2.75) is 12.8 Å². The van der Waals surface area contributed by atoms with Crippen molar-refractivity contribution in [3.63, 3.8) is 0 Å². The average molecular weight is 349 g/mol. The van der Waals surface area contributed by atoms with Gasteiger partial charge in [0.15, 0.2) is 0 Å². The largest absolute Gasteiger partial charge is 0.350 e. The number of amides is 1. The lowest BCUT2D eigenvalue weighted by atomic mass is 10.2. The van der Waals surface area contributed by atoms with Crippen LogP contribution in [-0.4, -0.2) is 59.2 Å². The van der Waals surface area contributed by atoms with Crippen LogP contribution in [0.2, 0.25) is 0 Å². The van der Waals surface area contributed by atoms with Crippen LogP contribution < -0.4 is 5.32 Å². The summed E-state index contributed by atoms with van der Waals surface area (Å²) < 4.78 is 25.7. The highest BCUT2D eigenvalue weighted by atomic mass is 32.2. The molecule has 3 rings (SSSR count). The van der Waals surface area contributed by atoms with Crippen LogP contribution in [0.3, 0.4) is 0 Å². The minimum Gasteiger partial charge on any atom is -0.350 e. The number of carbonyl (C=O) groups is 1. The van der Waals surface area contributed by atoms with E-state index in [4.69, 9.17) is 0 Å². The van der Waals surface area contributed by atoms with Gasteiger partial charge in [0.05, 0.1) is 11.4 Å². The number of carbonyl (C=O) groups excluding carboxylic acids is 1. The second-order valence-corrected chi connectivity index (χ2v) is 7.65. The summed E-state index contributed by atoms with van der Waals surface area (Å²) in [4.78, 5) is 16.2. The zero-order valence-electron chi connectivity index (χ0n) is 13.1. The lowest BCUT2D eigenvalue weighted by Gasteiger charge is -2.15. The summed E-state index contributed by atoms with van der Waals surface area (Å²) in [6, 6.07) is 7.01. The molecule has 3 heterocycles. The van der Waals surface area contributed by atoms with E-state index in [0.29, 0.717) is 24.5 Å². The fourth-order valence-corrected chi connectivity index (χ4v) is 4.00. The van der Waals surface area contributed by atoms with Crippen LogP contribution in [0.15, 0.2) is 30.5 Å². The van der Waals surface area contributed by atoms with Gasteiger partial charge in [-0.3, -0.25) is 14.9 Å². The first-order valence-electron chi connectivity index (χ1n) is 7.79. The van der Waals surface area contributed by atoms with Crippen molar-refractivity contribution < 1.29 is 13.2 Å². The molecule has 2 aromatic rings. The average Bonchev–Trinajstić information content (AvgIpc) is 3.27. The number of rotatable bonds is 6. The van der Waals surface area contributed by atoms with Crippen LogP contribution in [0.1, 0.15) is 23.3 Å². The van der Waals surface area contributed by atoms with Gasteiger partial charge < -0.3 is 5.32 Å². The summed E-state index contributed by atoms with van der Waals surface area (Å²) in [5.74, 6) is -0.485. The summed E-state index contributed by atoms with van der Waals surface area (Å²) in [6.45, 7) is 1.21. The molecule has 1 aliphatic heterocycles. The first-order valence-corrected chi connectivity index (χ1v) is 9.40. The van der Waals surface area contributed by atoms with Crippen molar-refractivity contribution in [2.75, 3.05) is 25.4 Å². The number of hydrogen-bond donors (Lipinski definition) is 2. The quantitative estimate of drug-likeness (QED) is 0.795. The van der Waals surface area contributed by atoms with Crippen LogP contribution in [0.4, 0.5) is 0 Å². The second-order valence-electron chi connectivity index (χ2n) is 5.56. The standard InChI is InChI=1S/C15H19N5O3S/c21-15(17-7-10-24(22,23)20-8-3-4-9-20)14-11-13(18-19-14)12-5-1-2-6-16-12/h1-2,5-6,11H,3-4,7-10H2,(H,17,21)(H,18,19). The van der Waals surface area contributed by atoms with E-state index < -0.39 is 10.0 Å². The summed E-state index contributed by atoms with van der Waals surface area (Å²) in [6.07, 6.45) is 3.44. The Morgan fingerprint density at radius 1 is 1.25 bits per heavy atom. The Labute approximate surface area is 140 Å². The zero-order chi connectivity index (χ0) is 17.0. The van der Waals surface area contributed by atoms with Crippen LogP contribution in [0.5, 0.6) is 0 Å². The van der Waals surface area contributed by atoms with E-state index in [1.807, 2.05) is 6.07 Å². The molecule has 24 heavy (non-hydrogen) atoms. The zero-order valence-corrected chi connectivity index (χ0v) is 13.9. The number of nitrogens with zero attached hydrogens (tertiary/aromatic N) is 3. The van der Waals surface area contributed by atoms with Crippen LogP contribution >= 0.6 is 0 Å². The molecule has 0 spiro atoms. The number of pyridine rings is 1. The van der Waals surface area contributed by atoms with Gasteiger partial charge in [-0.25, -0.2) is 12.7 Å². The predicted molar refractivity (Wildman–Crippen MR) is 88.7 cm³/mol. The third-order valence-electron chi connectivity index (χ3n) is 3.85. The number of aromatic amines is 1. The van der Waals surface area contributed by atoms with Crippen molar-refractivity contribution in [1.82, 2.24) is 24.8 Å². The Kier molecular flexibility index (Phi) is 4.91. The summed E-state index contributed by atoms with van der Waals surface area (Å²) in [7, 11) is -3.29. The minimum absolute atomic E-state index is 0.0651. The van der Waals surface area contributed by atoms with Crippen LogP contribution in [0.25, 0.3) is 11.4 Å². The molecule has 0 unspecified atom stereocenters. The SMILES string of the molecule is O=C(NCCS(=O)(=O)N1CCCC1)c1cc(-c2ccccn2)n[nH]1. The van der Waals surface area contributed by atoms with E-state index in [2.05, 4.69) is 20.5 Å². The van der Waals surface area contributed by atoms with Crippen LogP contribution in [0, 0.1) is 0 Å². The smallest absolute Gasteiger partial charge is 0.269 e. The number of aromatic nitrogens is 3. The van der Waals surface area contributed by atoms with Crippen molar-refractivity contribution >= 4 is 15.9 Å². The minimum atomic E-state index is -3.29.